The van der Waals surface area contributed by atoms with Gasteiger partial charge in [-0.1, -0.05) is 18.6 Å². The van der Waals surface area contributed by atoms with E-state index in [0.717, 1.165) is 5.70 Å². The maximum Gasteiger partial charge on any atom is 0.303 e. The van der Waals surface area contributed by atoms with Crippen molar-refractivity contribution in [3.8, 4) is 0 Å². The minimum Gasteiger partial charge on any atom is -0.459 e. The molecule has 0 aromatic carbocycles. The number of nitrogens with zero attached hydrogens (tertiary/aromatic N) is 1. The van der Waals surface area contributed by atoms with Crippen molar-refractivity contribution < 1.29 is 9.53 Å². The molecule has 1 atom stereocenters. The molecule has 1 aliphatic rings. The van der Waals surface area contributed by atoms with Gasteiger partial charge in [-0.15, -0.1) is 0 Å². The normalized spacial score (nSPS) is 21.1. The standard InChI is InChI=1S/C12H17NO2/c1-8-5-12(7-15-11(4)14)13-6-9(2)10(8)3/h5-6,8H,7H2,1-4H3. The number of aliphatic imine (C=N–C) groups is 1. The van der Waals surface area contributed by atoms with Crippen LogP contribution in [0.4, 0.5) is 0 Å². The van der Waals surface area contributed by atoms with Gasteiger partial charge in [0.15, 0.2) is 0 Å². The Labute approximate surface area is 90.5 Å². The van der Waals surface area contributed by atoms with Crippen LogP contribution in [0.1, 0.15) is 27.7 Å². The number of hydrogen-bond acceptors (Lipinski definition) is 3. The first-order valence-electron chi connectivity index (χ1n) is 5.06. The molecule has 0 aliphatic carbocycles. The zero-order chi connectivity index (χ0) is 11.4. The van der Waals surface area contributed by atoms with E-state index in [1.165, 1.54) is 18.1 Å². The molecule has 0 bridgehead atoms. The molecule has 15 heavy (non-hydrogen) atoms. The van der Waals surface area contributed by atoms with Gasteiger partial charge >= 0.3 is 5.97 Å². The Morgan fingerprint density at radius 3 is 2.80 bits per heavy atom. The Hall–Kier alpha value is -1.38. The lowest BCUT2D eigenvalue weighted by molar-refractivity contribution is -0.139. The van der Waals surface area contributed by atoms with Gasteiger partial charge in [0.25, 0.3) is 0 Å². The van der Waals surface area contributed by atoms with Crippen molar-refractivity contribution in [2.45, 2.75) is 27.7 Å². The number of allylic oxidation sites excluding steroid dienone is 3. The van der Waals surface area contributed by atoms with Crippen LogP contribution in [0.2, 0.25) is 0 Å². The fraction of sp³-hybridized carbons (Fsp3) is 0.500. The van der Waals surface area contributed by atoms with Gasteiger partial charge in [-0.05, 0) is 25.3 Å². The minimum absolute atomic E-state index is 0.261. The molecule has 0 fully saturated rings. The molecule has 0 saturated heterocycles. The van der Waals surface area contributed by atoms with Crippen LogP contribution >= 0.6 is 0 Å². The van der Waals surface area contributed by atoms with E-state index >= 15 is 0 Å². The maximum atomic E-state index is 10.7. The van der Waals surface area contributed by atoms with Crippen molar-refractivity contribution in [3.63, 3.8) is 0 Å². The summed E-state index contributed by atoms with van der Waals surface area (Å²) in [4.78, 5) is 14.9. The highest BCUT2D eigenvalue weighted by Gasteiger charge is 2.09. The zero-order valence-corrected chi connectivity index (χ0v) is 9.70. The van der Waals surface area contributed by atoms with Gasteiger partial charge in [0.05, 0.1) is 5.70 Å². The molecule has 0 spiro atoms. The second-order valence-electron chi connectivity index (χ2n) is 3.85. The quantitative estimate of drug-likeness (QED) is 0.652. The van der Waals surface area contributed by atoms with Gasteiger partial charge < -0.3 is 4.74 Å². The molecule has 1 rings (SSSR count). The molecule has 0 saturated carbocycles. The van der Waals surface area contributed by atoms with Crippen molar-refractivity contribution in [1.29, 1.82) is 0 Å². The topological polar surface area (TPSA) is 38.7 Å². The van der Waals surface area contributed by atoms with Gasteiger partial charge in [-0.3, -0.25) is 9.79 Å². The van der Waals surface area contributed by atoms with Crippen LogP contribution in [-0.2, 0) is 9.53 Å². The predicted octanol–water partition coefficient (Wildman–Crippen LogP) is 2.49. The van der Waals surface area contributed by atoms with E-state index in [9.17, 15) is 4.79 Å². The summed E-state index contributed by atoms with van der Waals surface area (Å²) in [5.41, 5.74) is 3.29. The number of hydrogen-bond donors (Lipinski definition) is 0. The Bertz CT molecular complexity index is 351. The fourth-order valence-corrected chi connectivity index (χ4v) is 1.36. The summed E-state index contributed by atoms with van der Waals surface area (Å²) in [6.45, 7) is 7.91. The first-order valence-corrected chi connectivity index (χ1v) is 5.06. The number of carbonyl (C=O) groups is 1. The second-order valence-corrected chi connectivity index (χ2v) is 3.85. The number of carbonyl (C=O) groups excluding carboxylic acids is 1. The Morgan fingerprint density at radius 2 is 2.20 bits per heavy atom. The fourth-order valence-electron chi connectivity index (χ4n) is 1.36. The third kappa shape index (κ3) is 3.35. The predicted molar refractivity (Wildman–Crippen MR) is 60.7 cm³/mol. The Morgan fingerprint density at radius 1 is 1.53 bits per heavy atom. The highest BCUT2D eigenvalue weighted by Crippen LogP contribution is 2.20. The van der Waals surface area contributed by atoms with Crippen molar-refractivity contribution >= 4 is 12.2 Å². The second kappa shape index (κ2) is 4.91. The van der Waals surface area contributed by atoms with Gasteiger partial charge in [0.2, 0.25) is 0 Å². The van der Waals surface area contributed by atoms with Crippen molar-refractivity contribution in [3.05, 3.63) is 22.9 Å². The van der Waals surface area contributed by atoms with Crippen LogP contribution in [0.3, 0.4) is 0 Å². The SMILES string of the molecule is CC(=O)OCC1=CC(C)C(C)=C(C)C=N1. The first kappa shape index (κ1) is 11.7. The molecule has 3 heteroatoms. The molecule has 0 radical (unpaired) electrons. The molecule has 0 N–H and O–H groups in total. The van der Waals surface area contributed by atoms with Crippen molar-refractivity contribution in [1.82, 2.24) is 0 Å². The Kier molecular flexibility index (Phi) is 3.83. The van der Waals surface area contributed by atoms with E-state index in [-0.39, 0.29) is 12.6 Å². The highest BCUT2D eigenvalue weighted by molar-refractivity contribution is 5.80. The first-order chi connectivity index (χ1) is 7.00. The number of esters is 1. The van der Waals surface area contributed by atoms with E-state index in [2.05, 4.69) is 18.8 Å². The molecular weight excluding hydrogens is 190 g/mol. The summed E-state index contributed by atoms with van der Waals surface area (Å²) >= 11 is 0. The molecule has 0 aromatic heterocycles. The molecule has 82 valence electrons. The lowest BCUT2D eigenvalue weighted by Gasteiger charge is -2.08. The van der Waals surface area contributed by atoms with Crippen LogP contribution < -0.4 is 0 Å². The van der Waals surface area contributed by atoms with Gasteiger partial charge in [0, 0.05) is 13.1 Å². The Balaban J connectivity index is 2.74. The molecule has 1 heterocycles. The van der Waals surface area contributed by atoms with E-state index in [0.29, 0.717) is 5.92 Å². The van der Waals surface area contributed by atoms with Gasteiger partial charge in [0.1, 0.15) is 6.61 Å². The van der Waals surface area contributed by atoms with Gasteiger partial charge in [-0.25, -0.2) is 0 Å². The highest BCUT2D eigenvalue weighted by atomic mass is 16.5. The van der Waals surface area contributed by atoms with Crippen LogP contribution in [0.25, 0.3) is 0 Å². The summed E-state index contributed by atoms with van der Waals surface area (Å²) in [6.07, 6.45) is 3.86. The molecule has 3 nitrogen and oxygen atoms in total. The van der Waals surface area contributed by atoms with E-state index in [1.807, 2.05) is 19.2 Å². The van der Waals surface area contributed by atoms with E-state index < -0.39 is 0 Å². The van der Waals surface area contributed by atoms with Gasteiger partial charge in [-0.2, -0.15) is 0 Å². The third-order valence-corrected chi connectivity index (χ3v) is 2.59. The molecule has 1 unspecified atom stereocenters. The molecule has 1 aliphatic heterocycles. The van der Waals surface area contributed by atoms with Crippen LogP contribution in [0, 0.1) is 5.92 Å². The molecule has 0 aromatic rings. The van der Waals surface area contributed by atoms with Crippen molar-refractivity contribution in [2.24, 2.45) is 10.9 Å². The summed E-state index contributed by atoms with van der Waals surface area (Å²) in [6, 6.07) is 0. The smallest absolute Gasteiger partial charge is 0.303 e. The van der Waals surface area contributed by atoms with Crippen LogP contribution in [0.5, 0.6) is 0 Å². The summed E-state index contributed by atoms with van der Waals surface area (Å²) in [7, 11) is 0. The van der Waals surface area contributed by atoms with Crippen LogP contribution in [0.15, 0.2) is 27.9 Å². The number of rotatable bonds is 2. The van der Waals surface area contributed by atoms with Crippen molar-refractivity contribution in [2.75, 3.05) is 6.61 Å². The average molecular weight is 207 g/mol. The lowest BCUT2D eigenvalue weighted by atomic mass is 9.98. The number of ether oxygens (including phenoxy) is 1. The largest absolute Gasteiger partial charge is 0.459 e. The summed E-state index contributed by atoms with van der Waals surface area (Å²) in [5.74, 6) is 0.0717. The maximum absolute atomic E-state index is 10.7. The van der Waals surface area contributed by atoms with E-state index in [4.69, 9.17) is 4.74 Å². The third-order valence-electron chi connectivity index (χ3n) is 2.59. The molecular formula is C12H17NO2. The minimum atomic E-state index is -0.274. The van der Waals surface area contributed by atoms with Crippen LogP contribution in [-0.4, -0.2) is 18.8 Å². The monoisotopic (exact) mass is 207 g/mol. The lowest BCUT2D eigenvalue weighted by Crippen LogP contribution is -2.03. The summed E-state index contributed by atoms with van der Waals surface area (Å²) < 4.78 is 4.92. The van der Waals surface area contributed by atoms with E-state index in [1.54, 1.807) is 0 Å². The molecule has 0 amide bonds. The summed E-state index contributed by atoms with van der Waals surface area (Å²) in [5, 5.41) is 0. The zero-order valence-electron chi connectivity index (χ0n) is 9.70. The average Bonchev–Trinajstić information content (AvgIpc) is 2.29.